The Morgan fingerprint density at radius 3 is 2.55 bits per heavy atom. The molecule has 1 aliphatic carbocycles. The summed E-state index contributed by atoms with van der Waals surface area (Å²) < 4.78 is 27.1. The standard InChI is InChI=1S/C13H27N3O3S/c1-14-13(16-12-6-4-3-5-7-12)15-8-9-19-10-11-20(2,17)18/h12H,3-11H2,1-2H3,(H2,14,15,16). The third-order valence-electron chi connectivity index (χ3n) is 3.31. The quantitative estimate of drug-likeness (QED) is 0.408. The lowest BCUT2D eigenvalue weighted by molar-refractivity contribution is 0.154. The molecule has 0 spiro atoms. The van der Waals surface area contributed by atoms with E-state index in [9.17, 15) is 8.42 Å². The van der Waals surface area contributed by atoms with Crippen molar-refractivity contribution in [3.63, 3.8) is 0 Å². The molecule has 0 bridgehead atoms. The van der Waals surface area contributed by atoms with Crippen molar-refractivity contribution < 1.29 is 13.2 Å². The zero-order chi connectivity index (χ0) is 14.8. The van der Waals surface area contributed by atoms with Gasteiger partial charge in [-0.1, -0.05) is 19.3 Å². The number of nitrogens with one attached hydrogen (secondary N) is 2. The first-order valence-electron chi connectivity index (χ1n) is 7.24. The third kappa shape index (κ3) is 8.37. The van der Waals surface area contributed by atoms with Crippen LogP contribution in [0.15, 0.2) is 4.99 Å². The molecular weight excluding hydrogens is 278 g/mol. The number of aliphatic imine (C=N–C) groups is 1. The Hall–Kier alpha value is -0.820. The molecule has 7 heteroatoms. The summed E-state index contributed by atoms with van der Waals surface area (Å²) in [7, 11) is -1.18. The summed E-state index contributed by atoms with van der Waals surface area (Å²) in [5.41, 5.74) is 0. The fourth-order valence-corrected chi connectivity index (χ4v) is 2.61. The fourth-order valence-electron chi connectivity index (χ4n) is 2.19. The molecule has 0 saturated heterocycles. The lowest BCUT2D eigenvalue weighted by atomic mass is 9.96. The molecule has 0 aromatic heterocycles. The van der Waals surface area contributed by atoms with Crippen molar-refractivity contribution in [2.24, 2.45) is 4.99 Å². The van der Waals surface area contributed by atoms with Gasteiger partial charge in [0.15, 0.2) is 5.96 Å². The van der Waals surface area contributed by atoms with E-state index in [1.165, 1.54) is 38.4 Å². The smallest absolute Gasteiger partial charge is 0.191 e. The summed E-state index contributed by atoms with van der Waals surface area (Å²) in [6.07, 6.45) is 7.51. The molecule has 0 unspecified atom stereocenters. The van der Waals surface area contributed by atoms with Crippen LogP contribution in [0.4, 0.5) is 0 Å². The van der Waals surface area contributed by atoms with Gasteiger partial charge in [0.25, 0.3) is 0 Å². The summed E-state index contributed by atoms with van der Waals surface area (Å²) in [6.45, 7) is 1.34. The number of hydrogen-bond acceptors (Lipinski definition) is 4. The first kappa shape index (κ1) is 17.2. The molecule has 0 heterocycles. The minimum Gasteiger partial charge on any atom is -0.379 e. The molecule has 6 nitrogen and oxygen atoms in total. The zero-order valence-electron chi connectivity index (χ0n) is 12.5. The van der Waals surface area contributed by atoms with E-state index in [1.807, 2.05) is 0 Å². The van der Waals surface area contributed by atoms with Gasteiger partial charge in [0, 0.05) is 25.9 Å². The normalized spacial score (nSPS) is 18.0. The monoisotopic (exact) mass is 305 g/mol. The highest BCUT2D eigenvalue weighted by Crippen LogP contribution is 2.17. The molecule has 1 aliphatic rings. The summed E-state index contributed by atoms with van der Waals surface area (Å²) >= 11 is 0. The molecule has 1 fully saturated rings. The van der Waals surface area contributed by atoms with Gasteiger partial charge in [-0.3, -0.25) is 4.99 Å². The van der Waals surface area contributed by atoms with Crippen LogP contribution in [0.5, 0.6) is 0 Å². The Kier molecular flexibility index (Phi) is 7.91. The number of sulfone groups is 1. The van der Waals surface area contributed by atoms with Gasteiger partial charge in [-0.2, -0.15) is 0 Å². The number of ether oxygens (including phenoxy) is 1. The Labute approximate surface area is 122 Å². The van der Waals surface area contributed by atoms with Crippen LogP contribution in [0.3, 0.4) is 0 Å². The van der Waals surface area contributed by atoms with Gasteiger partial charge < -0.3 is 15.4 Å². The van der Waals surface area contributed by atoms with Gasteiger partial charge in [-0.15, -0.1) is 0 Å². The molecule has 0 atom stereocenters. The summed E-state index contributed by atoms with van der Waals surface area (Å²) in [6, 6.07) is 0.515. The number of guanidine groups is 1. The second-order valence-electron chi connectivity index (χ2n) is 5.22. The second-order valence-corrected chi connectivity index (χ2v) is 7.48. The minimum absolute atomic E-state index is 0.0715. The SMILES string of the molecule is CN=C(NCCOCCS(C)(=O)=O)NC1CCCCC1. The fraction of sp³-hybridized carbons (Fsp3) is 0.923. The highest BCUT2D eigenvalue weighted by Gasteiger charge is 2.14. The topological polar surface area (TPSA) is 79.8 Å². The van der Waals surface area contributed by atoms with Crippen molar-refractivity contribution in [3.8, 4) is 0 Å². The maximum atomic E-state index is 10.9. The Morgan fingerprint density at radius 1 is 1.25 bits per heavy atom. The zero-order valence-corrected chi connectivity index (χ0v) is 13.3. The molecule has 0 amide bonds. The highest BCUT2D eigenvalue weighted by atomic mass is 32.2. The van der Waals surface area contributed by atoms with Gasteiger partial charge in [0.05, 0.1) is 19.0 Å². The summed E-state index contributed by atoms with van der Waals surface area (Å²) in [4.78, 5) is 4.18. The van der Waals surface area contributed by atoms with Crippen LogP contribution in [-0.4, -0.2) is 59.2 Å². The van der Waals surface area contributed by atoms with Crippen molar-refractivity contribution in [1.82, 2.24) is 10.6 Å². The molecule has 0 aliphatic heterocycles. The van der Waals surface area contributed by atoms with Gasteiger partial charge in [0.2, 0.25) is 0 Å². The second kappa shape index (κ2) is 9.18. The van der Waals surface area contributed by atoms with Crippen LogP contribution in [0.2, 0.25) is 0 Å². The minimum atomic E-state index is -2.93. The van der Waals surface area contributed by atoms with Crippen molar-refractivity contribution in [2.45, 2.75) is 38.1 Å². The van der Waals surface area contributed by atoms with E-state index in [-0.39, 0.29) is 12.4 Å². The maximum absolute atomic E-state index is 10.9. The van der Waals surface area contributed by atoms with E-state index in [0.29, 0.717) is 19.2 Å². The Balaban J connectivity index is 2.09. The van der Waals surface area contributed by atoms with E-state index in [4.69, 9.17) is 4.74 Å². The lowest BCUT2D eigenvalue weighted by Gasteiger charge is -2.24. The van der Waals surface area contributed by atoms with Crippen molar-refractivity contribution in [3.05, 3.63) is 0 Å². The summed E-state index contributed by atoms with van der Waals surface area (Å²) in [5, 5.41) is 6.59. The highest BCUT2D eigenvalue weighted by molar-refractivity contribution is 7.90. The Morgan fingerprint density at radius 2 is 1.95 bits per heavy atom. The maximum Gasteiger partial charge on any atom is 0.191 e. The predicted octanol–water partition coefficient (Wildman–Crippen LogP) is 0.545. The van der Waals surface area contributed by atoms with Gasteiger partial charge in [-0.05, 0) is 12.8 Å². The van der Waals surface area contributed by atoms with Gasteiger partial charge in [-0.25, -0.2) is 8.42 Å². The van der Waals surface area contributed by atoms with E-state index in [0.717, 1.165) is 5.96 Å². The Bertz CT molecular complexity index is 390. The van der Waals surface area contributed by atoms with E-state index >= 15 is 0 Å². The van der Waals surface area contributed by atoms with Crippen LogP contribution in [0.25, 0.3) is 0 Å². The number of rotatable bonds is 7. The van der Waals surface area contributed by atoms with Crippen LogP contribution >= 0.6 is 0 Å². The molecule has 0 radical (unpaired) electrons. The first-order valence-corrected chi connectivity index (χ1v) is 9.30. The molecule has 0 aromatic carbocycles. The molecule has 20 heavy (non-hydrogen) atoms. The van der Waals surface area contributed by atoms with Crippen LogP contribution in [0.1, 0.15) is 32.1 Å². The van der Waals surface area contributed by atoms with E-state index in [2.05, 4.69) is 15.6 Å². The molecule has 1 rings (SSSR count). The van der Waals surface area contributed by atoms with E-state index in [1.54, 1.807) is 7.05 Å². The van der Waals surface area contributed by atoms with Crippen molar-refractivity contribution >= 4 is 15.8 Å². The molecule has 1 saturated carbocycles. The largest absolute Gasteiger partial charge is 0.379 e. The molecular formula is C13H27N3O3S. The molecule has 118 valence electrons. The van der Waals surface area contributed by atoms with Crippen LogP contribution in [0, 0.1) is 0 Å². The van der Waals surface area contributed by atoms with Crippen LogP contribution < -0.4 is 10.6 Å². The van der Waals surface area contributed by atoms with Crippen molar-refractivity contribution in [2.75, 3.05) is 38.8 Å². The van der Waals surface area contributed by atoms with Crippen molar-refractivity contribution in [1.29, 1.82) is 0 Å². The van der Waals surface area contributed by atoms with Gasteiger partial charge >= 0.3 is 0 Å². The summed E-state index contributed by atoms with van der Waals surface area (Å²) in [5.74, 6) is 0.866. The first-order chi connectivity index (χ1) is 9.51. The average Bonchev–Trinajstić information content (AvgIpc) is 2.41. The molecule has 0 aromatic rings. The predicted molar refractivity (Wildman–Crippen MR) is 81.9 cm³/mol. The van der Waals surface area contributed by atoms with Crippen LogP contribution in [-0.2, 0) is 14.6 Å². The lowest BCUT2D eigenvalue weighted by Crippen LogP contribution is -2.45. The van der Waals surface area contributed by atoms with E-state index < -0.39 is 9.84 Å². The van der Waals surface area contributed by atoms with Gasteiger partial charge in [0.1, 0.15) is 9.84 Å². The molecule has 2 N–H and O–H groups in total. The third-order valence-corrected chi connectivity index (χ3v) is 4.22. The average molecular weight is 305 g/mol. The number of hydrogen-bond donors (Lipinski definition) is 2. The number of nitrogens with zero attached hydrogens (tertiary/aromatic N) is 1.